The number of halogens is 2. The minimum atomic E-state index is -0.891. The molecule has 134 valence electrons. The van der Waals surface area contributed by atoms with Gasteiger partial charge < -0.3 is 15.5 Å². The molecule has 0 saturated heterocycles. The van der Waals surface area contributed by atoms with E-state index < -0.39 is 11.6 Å². The maximum Gasteiger partial charge on any atom is 0.243 e. The number of rotatable bonds is 6. The second-order valence-electron chi connectivity index (χ2n) is 6.27. The molecule has 7 heteroatoms. The Kier molecular flexibility index (Phi) is 7.61. The lowest BCUT2D eigenvalue weighted by Gasteiger charge is -2.20. The van der Waals surface area contributed by atoms with Gasteiger partial charge in [0.25, 0.3) is 0 Å². The van der Waals surface area contributed by atoms with E-state index in [0.29, 0.717) is 24.0 Å². The first-order valence-electron chi connectivity index (χ1n) is 7.90. The molecule has 2 N–H and O–H groups in total. The predicted octanol–water partition coefficient (Wildman–Crippen LogP) is 2.31. The molecule has 1 unspecified atom stereocenters. The number of benzene rings is 1. The van der Waals surface area contributed by atoms with Crippen molar-refractivity contribution in [2.75, 3.05) is 27.2 Å². The van der Waals surface area contributed by atoms with Crippen LogP contribution in [0.1, 0.15) is 32.4 Å². The third-order valence-electron chi connectivity index (χ3n) is 3.35. The number of likely N-dealkylation sites (N-methyl/N-ethyl adjacent to an activating group) is 1. The number of carbonyl (C=O) groups is 1. The number of carbonyl (C=O) groups excluding carboxylic acids is 1. The minimum Gasteiger partial charge on any atom is -0.356 e. The summed E-state index contributed by atoms with van der Waals surface area (Å²) in [5.41, 5.74) is 0.590. The third-order valence-corrected chi connectivity index (χ3v) is 3.35. The van der Waals surface area contributed by atoms with Crippen molar-refractivity contribution in [3.8, 4) is 0 Å². The fraction of sp³-hybridized carbons (Fsp3) is 0.529. The number of guanidine groups is 1. The smallest absolute Gasteiger partial charge is 0.243 e. The van der Waals surface area contributed by atoms with E-state index in [0.717, 1.165) is 12.1 Å². The zero-order chi connectivity index (χ0) is 18.3. The Hall–Kier alpha value is -2.18. The third kappa shape index (κ3) is 6.52. The number of aliphatic imine (C=N–C) groups is 1. The van der Waals surface area contributed by atoms with Crippen molar-refractivity contribution in [2.24, 2.45) is 10.9 Å². The van der Waals surface area contributed by atoms with Gasteiger partial charge in [-0.2, -0.15) is 0 Å². The van der Waals surface area contributed by atoms with Crippen molar-refractivity contribution >= 4 is 11.9 Å². The maximum atomic E-state index is 13.4. The zero-order valence-corrected chi connectivity index (χ0v) is 14.9. The molecule has 0 heterocycles. The lowest BCUT2D eigenvalue weighted by Crippen LogP contribution is -2.41. The molecular formula is C17H26F2N4O. The van der Waals surface area contributed by atoms with E-state index in [2.05, 4.69) is 15.6 Å². The number of hydrogen-bond acceptors (Lipinski definition) is 2. The molecular weight excluding hydrogens is 314 g/mol. The number of nitrogens with one attached hydrogen (secondary N) is 2. The molecule has 24 heavy (non-hydrogen) atoms. The van der Waals surface area contributed by atoms with Crippen molar-refractivity contribution in [1.82, 2.24) is 15.5 Å². The molecule has 0 aromatic heterocycles. The Morgan fingerprint density at radius 3 is 2.42 bits per heavy atom. The monoisotopic (exact) mass is 340 g/mol. The molecule has 0 spiro atoms. The van der Waals surface area contributed by atoms with Gasteiger partial charge in [-0.05, 0) is 30.5 Å². The van der Waals surface area contributed by atoms with Gasteiger partial charge in [-0.25, -0.2) is 13.8 Å². The number of nitrogens with zero attached hydrogens (tertiary/aromatic N) is 2. The van der Waals surface area contributed by atoms with E-state index >= 15 is 0 Å². The Balaban J connectivity index is 2.83. The van der Waals surface area contributed by atoms with Crippen LogP contribution in [-0.4, -0.2) is 44.0 Å². The largest absolute Gasteiger partial charge is 0.356 e. The summed E-state index contributed by atoms with van der Waals surface area (Å²) in [5, 5.41) is 6.25. The molecule has 1 aromatic rings. The van der Waals surface area contributed by atoms with Gasteiger partial charge in [-0.15, -0.1) is 0 Å². The molecule has 0 bridgehead atoms. The zero-order valence-electron chi connectivity index (χ0n) is 14.9. The second kappa shape index (κ2) is 9.20. The van der Waals surface area contributed by atoms with E-state index in [1.54, 1.807) is 14.1 Å². The highest BCUT2D eigenvalue weighted by Crippen LogP contribution is 2.15. The SMILES string of the molecule is CC(C)CNC(=NCC(=O)N(C)C)NC(C)c1ccc(F)c(F)c1. The van der Waals surface area contributed by atoms with Crippen LogP contribution in [0, 0.1) is 17.6 Å². The quantitative estimate of drug-likeness (QED) is 0.617. The second-order valence-corrected chi connectivity index (χ2v) is 6.27. The van der Waals surface area contributed by atoms with Gasteiger partial charge in [-0.3, -0.25) is 4.79 Å². The summed E-state index contributed by atoms with van der Waals surface area (Å²) < 4.78 is 26.4. The molecule has 0 saturated carbocycles. The molecule has 0 fully saturated rings. The highest BCUT2D eigenvalue weighted by atomic mass is 19.2. The van der Waals surface area contributed by atoms with Crippen LogP contribution in [-0.2, 0) is 4.79 Å². The summed E-state index contributed by atoms with van der Waals surface area (Å²) in [6.45, 7) is 6.59. The first-order valence-corrected chi connectivity index (χ1v) is 7.90. The van der Waals surface area contributed by atoms with Crippen molar-refractivity contribution in [3.05, 3.63) is 35.4 Å². The molecule has 0 aliphatic carbocycles. The van der Waals surface area contributed by atoms with Gasteiger partial charge in [0.15, 0.2) is 17.6 Å². The van der Waals surface area contributed by atoms with Crippen LogP contribution in [0.15, 0.2) is 23.2 Å². The van der Waals surface area contributed by atoms with Gasteiger partial charge >= 0.3 is 0 Å². The van der Waals surface area contributed by atoms with Crippen molar-refractivity contribution in [2.45, 2.75) is 26.8 Å². The normalized spacial score (nSPS) is 12.9. The van der Waals surface area contributed by atoms with E-state index in [1.165, 1.54) is 11.0 Å². The van der Waals surface area contributed by atoms with Crippen LogP contribution in [0.5, 0.6) is 0 Å². The summed E-state index contributed by atoms with van der Waals surface area (Å²) in [7, 11) is 3.33. The van der Waals surface area contributed by atoms with Gasteiger partial charge in [0.05, 0.1) is 6.04 Å². The lowest BCUT2D eigenvalue weighted by molar-refractivity contribution is -0.127. The average Bonchev–Trinajstić information content (AvgIpc) is 2.51. The summed E-state index contributed by atoms with van der Waals surface area (Å²) >= 11 is 0. The fourth-order valence-corrected chi connectivity index (χ4v) is 1.81. The fourth-order valence-electron chi connectivity index (χ4n) is 1.81. The molecule has 0 aliphatic heterocycles. The lowest BCUT2D eigenvalue weighted by atomic mass is 10.1. The molecule has 5 nitrogen and oxygen atoms in total. The molecule has 1 aromatic carbocycles. The summed E-state index contributed by atoms with van der Waals surface area (Å²) in [6, 6.07) is 3.46. The number of amides is 1. The standard InChI is InChI=1S/C17H26F2N4O/c1-11(2)9-20-17(21-10-16(24)23(4)5)22-12(3)13-6-7-14(18)15(19)8-13/h6-8,11-12H,9-10H2,1-5H3,(H2,20,21,22). The average molecular weight is 340 g/mol. The van der Waals surface area contributed by atoms with Crippen LogP contribution in [0.25, 0.3) is 0 Å². The van der Waals surface area contributed by atoms with Crippen molar-refractivity contribution in [3.63, 3.8) is 0 Å². The Morgan fingerprint density at radius 1 is 1.21 bits per heavy atom. The van der Waals surface area contributed by atoms with Crippen LogP contribution < -0.4 is 10.6 Å². The van der Waals surface area contributed by atoms with Gasteiger partial charge in [-0.1, -0.05) is 19.9 Å². The number of hydrogen-bond donors (Lipinski definition) is 2. The van der Waals surface area contributed by atoms with E-state index in [1.807, 2.05) is 20.8 Å². The van der Waals surface area contributed by atoms with Crippen LogP contribution in [0.2, 0.25) is 0 Å². The summed E-state index contributed by atoms with van der Waals surface area (Å²) in [5.74, 6) is -1.05. The molecule has 1 amide bonds. The van der Waals surface area contributed by atoms with Crippen LogP contribution in [0.4, 0.5) is 8.78 Å². The van der Waals surface area contributed by atoms with Crippen molar-refractivity contribution < 1.29 is 13.6 Å². The maximum absolute atomic E-state index is 13.4. The van der Waals surface area contributed by atoms with E-state index in [9.17, 15) is 13.6 Å². The Labute approximate surface area is 142 Å². The topological polar surface area (TPSA) is 56.7 Å². The highest BCUT2D eigenvalue weighted by molar-refractivity contribution is 5.85. The minimum absolute atomic E-state index is 0.00489. The van der Waals surface area contributed by atoms with Gasteiger partial charge in [0.2, 0.25) is 5.91 Å². The van der Waals surface area contributed by atoms with Crippen LogP contribution in [0.3, 0.4) is 0 Å². The van der Waals surface area contributed by atoms with Gasteiger partial charge in [0, 0.05) is 20.6 Å². The van der Waals surface area contributed by atoms with Crippen LogP contribution >= 0.6 is 0 Å². The summed E-state index contributed by atoms with van der Waals surface area (Å²) in [4.78, 5) is 17.4. The molecule has 0 aliphatic rings. The Morgan fingerprint density at radius 2 is 1.88 bits per heavy atom. The first-order chi connectivity index (χ1) is 11.2. The first kappa shape index (κ1) is 19.9. The van der Waals surface area contributed by atoms with E-state index in [4.69, 9.17) is 0 Å². The molecule has 1 atom stereocenters. The highest BCUT2D eigenvalue weighted by Gasteiger charge is 2.12. The van der Waals surface area contributed by atoms with Crippen molar-refractivity contribution in [1.29, 1.82) is 0 Å². The molecule has 0 radical (unpaired) electrons. The van der Waals surface area contributed by atoms with Gasteiger partial charge in [0.1, 0.15) is 6.54 Å². The molecule has 1 rings (SSSR count). The Bertz CT molecular complexity index is 588. The predicted molar refractivity (Wildman–Crippen MR) is 91.7 cm³/mol. The summed E-state index contributed by atoms with van der Waals surface area (Å²) in [6.07, 6.45) is 0. The van der Waals surface area contributed by atoms with E-state index in [-0.39, 0.29) is 18.5 Å².